The van der Waals surface area contributed by atoms with E-state index < -0.39 is 0 Å². The number of nitrogen functional groups attached to an aromatic ring is 1. The minimum absolute atomic E-state index is 0.239. The van der Waals surface area contributed by atoms with Crippen molar-refractivity contribution in [1.82, 2.24) is 9.78 Å². The lowest BCUT2D eigenvalue weighted by atomic mass is 10.4. The molecule has 0 bridgehead atoms. The van der Waals surface area contributed by atoms with Crippen molar-refractivity contribution in [2.45, 2.75) is 13.0 Å². The van der Waals surface area contributed by atoms with Gasteiger partial charge in [-0.25, -0.2) is 0 Å². The van der Waals surface area contributed by atoms with Gasteiger partial charge in [-0.1, -0.05) is 0 Å². The topological polar surface area (TPSA) is 67.6 Å². The van der Waals surface area contributed by atoms with Gasteiger partial charge in [0, 0.05) is 6.20 Å². The molecule has 1 atom stereocenters. The first-order valence-electron chi connectivity index (χ1n) is 2.94. The van der Waals surface area contributed by atoms with Crippen molar-refractivity contribution in [3.8, 4) is 6.07 Å². The molecule has 0 radical (unpaired) electrons. The fourth-order valence-electron chi connectivity index (χ4n) is 0.628. The number of nitrogens with two attached hydrogens (primary N) is 1. The van der Waals surface area contributed by atoms with E-state index in [2.05, 4.69) is 5.10 Å². The standard InChI is InChI=1S/C6H8N4/c1-5(4-7)10-3-2-6(8)9-10/h2-3,5H,1H3,(H2,8,9)/t5-/m1/s1. The first-order chi connectivity index (χ1) is 4.74. The van der Waals surface area contributed by atoms with E-state index in [1.165, 1.54) is 4.68 Å². The lowest BCUT2D eigenvalue weighted by Crippen LogP contribution is -2.03. The maximum Gasteiger partial charge on any atom is 0.145 e. The smallest absolute Gasteiger partial charge is 0.145 e. The molecule has 0 amide bonds. The van der Waals surface area contributed by atoms with Gasteiger partial charge in [0.25, 0.3) is 0 Å². The van der Waals surface area contributed by atoms with Gasteiger partial charge in [0.15, 0.2) is 0 Å². The number of nitrogens with zero attached hydrogens (tertiary/aromatic N) is 3. The van der Waals surface area contributed by atoms with Crippen molar-refractivity contribution in [3.63, 3.8) is 0 Å². The highest BCUT2D eigenvalue weighted by atomic mass is 15.3. The maximum atomic E-state index is 8.45. The third-order valence-corrected chi connectivity index (χ3v) is 1.21. The number of hydrogen-bond donors (Lipinski definition) is 1. The number of rotatable bonds is 1. The van der Waals surface area contributed by atoms with E-state index in [9.17, 15) is 0 Å². The molecule has 1 rings (SSSR count). The Bertz CT molecular complexity index is 257. The summed E-state index contributed by atoms with van der Waals surface area (Å²) in [6.45, 7) is 1.76. The van der Waals surface area contributed by atoms with Crippen LogP contribution in [0, 0.1) is 11.3 Å². The number of anilines is 1. The molecule has 4 heteroatoms. The van der Waals surface area contributed by atoms with Crippen LogP contribution in [-0.4, -0.2) is 9.78 Å². The Kier molecular flexibility index (Phi) is 1.59. The molecule has 0 aliphatic carbocycles. The Hall–Kier alpha value is -1.50. The maximum absolute atomic E-state index is 8.45. The van der Waals surface area contributed by atoms with Gasteiger partial charge in [-0.05, 0) is 13.0 Å². The highest BCUT2D eigenvalue weighted by Crippen LogP contribution is 2.03. The summed E-state index contributed by atoms with van der Waals surface area (Å²) in [6.07, 6.45) is 1.68. The fraction of sp³-hybridized carbons (Fsp3) is 0.333. The van der Waals surface area contributed by atoms with E-state index in [4.69, 9.17) is 11.0 Å². The number of aromatic nitrogens is 2. The summed E-state index contributed by atoms with van der Waals surface area (Å²) in [6, 6.07) is 3.46. The summed E-state index contributed by atoms with van der Waals surface area (Å²) in [5, 5.41) is 12.3. The molecule has 1 aromatic heterocycles. The van der Waals surface area contributed by atoms with Crippen molar-refractivity contribution in [2.75, 3.05) is 5.73 Å². The van der Waals surface area contributed by atoms with Crippen molar-refractivity contribution in [1.29, 1.82) is 5.26 Å². The molecule has 2 N–H and O–H groups in total. The molecule has 1 aromatic rings. The molecule has 0 spiro atoms. The Morgan fingerprint density at radius 3 is 3.00 bits per heavy atom. The highest BCUT2D eigenvalue weighted by molar-refractivity contribution is 5.24. The van der Waals surface area contributed by atoms with E-state index in [0.717, 1.165) is 0 Å². The Morgan fingerprint density at radius 2 is 2.60 bits per heavy atom. The molecule has 0 saturated heterocycles. The summed E-state index contributed by atoms with van der Waals surface area (Å²) >= 11 is 0. The first kappa shape index (κ1) is 6.62. The van der Waals surface area contributed by atoms with Gasteiger partial charge in [0.2, 0.25) is 0 Å². The van der Waals surface area contributed by atoms with Crippen LogP contribution in [0.2, 0.25) is 0 Å². The fourth-order valence-corrected chi connectivity index (χ4v) is 0.628. The Labute approximate surface area is 58.9 Å². The summed E-state index contributed by atoms with van der Waals surface area (Å²) in [5.74, 6) is 0.446. The van der Waals surface area contributed by atoms with E-state index in [-0.39, 0.29) is 6.04 Å². The van der Waals surface area contributed by atoms with Gasteiger partial charge < -0.3 is 5.73 Å². The largest absolute Gasteiger partial charge is 0.382 e. The highest BCUT2D eigenvalue weighted by Gasteiger charge is 2.01. The zero-order valence-corrected chi connectivity index (χ0v) is 5.65. The zero-order valence-electron chi connectivity index (χ0n) is 5.65. The molecule has 1 heterocycles. The van der Waals surface area contributed by atoms with Crippen LogP contribution in [0.15, 0.2) is 12.3 Å². The minimum Gasteiger partial charge on any atom is -0.382 e. The lowest BCUT2D eigenvalue weighted by molar-refractivity contribution is 0.593. The third kappa shape index (κ3) is 1.08. The molecule has 0 fully saturated rings. The Morgan fingerprint density at radius 1 is 1.90 bits per heavy atom. The molecule has 52 valence electrons. The molecule has 4 nitrogen and oxygen atoms in total. The van der Waals surface area contributed by atoms with Gasteiger partial charge in [0.05, 0.1) is 6.07 Å². The average molecular weight is 136 g/mol. The van der Waals surface area contributed by atoms with Crippen molar-refractivity contribution in [3.05, 3.63) is 12.3 Å². The molecule has 0 aliphatic rings. The zero-order chi connectivity index (χ0) is 7.56. The van der Waals surface area contributed by atoms with Crippen LogP contribution in [0.1, 0.15) is 13.0 Å². The number of nitriles is 1. The van der Waals surface area contributed by atoms with Crippen LogP contribution < -0.4 is 5.73 Å². The normalized spacial score (nSPS) is 12.4. The second-order valence-electron chi connectivity index (χ2n) is 2.03. The second kappa shape index (κ2) is 2.40. The van der Waals surface area contributed by atoms with Gasteiger partial charge in [0.1, 0.15) is 11.9 Å². The molecule has 10 heavy (non-hydrogen) atoms. The minimum atomic E-state index is -0.239. The summed E-state index contributed by atoms with van der Waals surface area (Å²) in [5.41, 5.74) is 5.33. The van der Waals surface area contributed by atoms with E-state index in [1.54, 1.807) is 19.2 Å². The first-order valence-corrected chi connectivity index (χ1v) is 2.94. The lowest BCUT2D eigenvalue weighted by Gasteiger charge is -1.99. The van der Waals surface area contributed by atoms with E-state index in [1.807, 2.05) is 6.07 Å². The molecular weight excluding hydrogens is 128 g/mol. The van der Waals surface area contributed by atoms with Crippen LogP contribution in [0.4, 0.5) is 5.82 Å². The predicted octanol–water partition coefficient (Wildman–Crippen LogP) is 0.550. The quantitative estimate of drug-likeness (QED) is 0.613. The summed E-state index contributed by atoms with van der Waals surface area (Å²) in [7, 11) is 0. The molecular formula is C6H8N4. The van der Waals surface area contributed by atoms with Crippen molar-refractivity contribution < 1.29 is 0 Å². The van der Waals surface area contributed by atoms with Gasteiger partial charge >= 0.3 is 0 Å². The Balaban J connectivity index is 2.87. The van der Waals surface area contributed by atoms with Crippen molar-refractivity contribution in [2.24, 2.45) is 0 Å². The molecule has 0 saturated carbocycles. The SMILES string of the molecule is C[C@H](C#N)n1ccc(N)n1. The van der Waals surface area contributed by atoms with Gasteiger partial charge in [-0.3, -0.25) is 4.68 Å². The molecule has 0 unspecified atom stereocenters. The average Bonchev–Trinajstić information content (AvgIpc) is 2.34. The predicted molar refractivity (Wildman–Crippen MR) is 37.0 cm³/mol. The van der Waals surface area contributed by atoms with Crippen molar-refractivity contribution >= 4 is 5.82 Å². The van der Waals surface area contributed by atoms with Gasteiger partial charge in [-0.2, -0.15) is 10.4 Å². The summed E-state index contributed by atoms with van der Waals surface area (Å²) < 4.78 is 1.52. The third-order valence-electron chi connectivity index (χ3n) is 1.21. The van der Waals surface area contributed by atoms with Gasteiger partial charge in [-0.15, -0.1) is 0 Å². The second-order valence-corrected chi connectivity index (χ2v) is 2.03. The molecule has 0 aliphatic heterocycles. The van der Waals surface area contributed by atoms with E-state index >= 15 is 0 Å². The van der Waals surface area contributed by atoms with Crippen LogP contribution in [-0.2, 0) is 0 Å². The van der Waals surface area contributed by atoms with Crippen LogP contribution in [0.5, 0.6) is 0 Å². The summed E-state index contributed by atoms with van der Waals surface area (Å²) in [4.78, 5) is 0. The van der Waals surface area contributed by atoms with E-state index in [0.29, 0.717) is 5.82 Å². The molecule has 0 aromatic carbocycles. The number of hydrogen-bond acceptors (Lipinski definition) is 3. The van der Waals surface area contributed by atoms with Crippen LogP contribution in [0.3, 0.4) is 0 Å². The van der Waals surface area contributed by atoms with Crippen LogP contribution in [0.25, 0.3) is 0 Å². The monoisotopic (exact) mass is 136 g/mol. The van der Waals surface area contributed by atoms with Crippen LogP contribution >= 0.6 is 0 Å².